The third kappa shape index (κ3) is 5.51. The molecule has 28 heavy (non-hydrogen) atoms. The molecule has 0 amide bonds. The summed E-state index contributed by atoms with van der Waals surface area (Å²) in [6, 6.07) is 1.26. The molecule has 1 aromatic rings. The van der Waals surface area contributed by atoms with Crippen molar-refractivity contribution in [2.75, 3.05) is 13.2 Å². The first kappa shape index (κ1) is 24.0. The molecule has 0 bridgehead atoms. The summed E-state index contributed by atoms with van der Waals surface area (Å²) in [5.41, 5.74) is -3.43. The summed E-state index contributed by atoms with van der Waals surface area (Å²) < 4.78 is 33.6. The predicted octanol–water partition coefficient (Wildman–Crippen LogP) is 1.45. The first-order chi connectivity index (χ1) is 12.6. The van der Waals surface area contributed by atoms with Crippen LogP contribution in [0.15, 0.2) is 11.0 Å². The number of rotatable bonds is 9. The highest BCUT2D eigenvalue weighted by Crippen LogP contribution is 2.35. The number of benzene rings is 1. The van der Waals surface area contributed by atoms with Crippen molar-refractivity contribution in [1.82, 2.24) is 0 Å². The SMILES string of the molecule is CC(C)(CO)Cc1cc(CC(C)(C)CO)c(C(=O)O)c(S(=O)(=O)O)c1C(=O)O. The van der Waals surface area contributed by atoms with Gasteiger partial charge in [-0.05, 0) is 34.8 Å². The van der Waals surface area contributed by atoms with Crippen molar-refractivity contribution >= 4 is 22.1 Å². The fourth-order valence-corrected chi connectivity index (χ4v) is 3.87. The Kier molecular flexibility index (Phi) is 7.00. The molecule has 0 unspecified atom stereocenters. The van der Waals surface area contributed by atoms with Crippen molar-refractivity contribution in [2.24, 2.45) is 10.8 Å². The fourth-order valence-electron chi connectivity index (χ4n) is 2.92. The zero-order valence-corrected chi connectivity index (χ0v) is 17.0. The molecule has 0 spiro atoms. The van der Waals surface area contributed by atoms with E-state index in [1.54, 1.807) is 27.7 Å². The lowest BCUT2D eigenvalue weighted by molar-refractivity contribution is 0.0684. The summed E-state index contributed by atoms with van der Waals surface area (Å²) in [7, 11) is -5.21. The van der Waals surface area contributed by atoms with E-state index in [1.165, 1.54) is 6.07 Å². The third-order valence-electron chi connectivity index (χ3n) is 4.32. The maximum absolute atomic E-state index is 12.0. The quantitative estimate of drug-likeness (QED) is 0.372. The summed E-state index contributed by atoms with van der Waals surface area (Å²) in [4.78, 5) is 22.4. The number of hydrogen-bond acceptors (Lipinski definition) is 6. The number of aromatic carboxylic acids is 2. The number of carbonyl (C=O) groups is 2. The van der Waals surface area contributed by atoms with Crippen molar-refractivity contribution < 1.29 is 43.0 Å². The molecule has 1 rings (SSSR count). The van der Waals surface area contributed by atoms with Crippen LogP contribution >= 0.6 is 0 Å². The zero-order chi connectivity index (χ0) is 22.1. The van der Waals surface area contributed by atoms with Gasteiger partial charge < -0.3 is 20.4 Å². The second-order valence-corrected chi connectivity index (χ2v) is 9.72. The maximum Gasteiger partial charge on any atom is 0.337 e. The molecular weight excluding hydrogens is 392 g/mol. The summed E-state index contributed by atoms with van der Waals surface area (Å²) in [5, 5.41) is 38.2. The molecule has 0 atom stereocenters. The average molecular weight is 418 g/mol. The van der Waals surface area contributed by atoms with Gasteiger partial charge in [0, 0.05) is 13.2 Å². The molecule has 0 aliphatic rings. The molecule has 0 fully saturated rings. The molecule has 0 aliphatic carbocycles. The van der Waals surface area contributed by atoms with Crippen LogP contribution in [-0.2, 0) is 23.0 Å². The molecule has 5 N–H and O–H groups in total. The van der Waals surface area contributed by atoms with Gasteiger partial charge in [0.2, 0.25) is 0 Å². The van der Waals surface area contributed by atoms with Gasteiger partial charge in [0.1, 0.15) is 4.90 Å². The molecule has 158 valence electrons. The fraction of sp³-hybridized carbons (Fsp3) is 0.556. The Bertz CT molecular complexity index is 829. The van der Waals surface area contributed by atoms with Crippen molar-refractivity contribution in [2.45, 2.75) is 45.4 Å². The van der Waals surface area contributed by atoms with Crippen LogP contribution in [-0.4, -0.2) is 58.5 Å². The van der Waals surface area contributed by atoms with Crippen LogP contribution in [0.4, 0.5) is 0 Å². The Balaban J connectivity index is 4.07. The lowest BCUT2D eigenvalue weighted by Crippen LogP contribution is -2.27. The molecule has 10 heteroatoms. The summed E-state index contributed by atoms with van der Waals surface area (Å²) in [6.07, 6.45) is -0.166. The van der Waals surface area contributed by atoms with E-state index < -0.39 is 48.9 Å². The van der Waals surface area contributed by atoms with Crippen LogP contribution in [0.25, 0.3) is 0 Å². The van der Waals surface area contributed by atoms with Crippen molar-refractivity contribution in [3.63, 3.8) is 0 Å². The lowest BCUT2D eigenvalue weighted by Gasteiger charge is -2.27. The van der Waals surface area contributed by atoms with Crippen LogP contribution in [0.2, 0.25) is 0 Å². The van der Waals surface area contributed by atoms with Crippen molar-refractivity contribution in [3.05, 3.63) is 28.3 Å². The summed E-state index contributed by atoms with van der Waals surface area (Å²) in [6.45, 7) is 5.79. The topological polar surface area (TPSA) is 169 Å². The molecule has 0 aromatic heterocycles. The largest absolute Gasteiger partial charge is 0.478 e. The summed E-state index contributed by atoms with van der Waals surface area (Å²) in [5.74, 6) is -3.43. The monoisotopic (exact) mass is 418 g/mol. The normalized spacial score (nSPS) is 12.8. The van der Waals surface area contributed by atoms with Gasteiger partial charge in [-0.3, -0.25) is 4.55 Å². The second kappa shape index (κ2) is 8.16. The van der Waals surface area contributed by atoms with Gasteiger partial charge in [-0.15, -0.1) is 0 Å². The van der Waals surface area contributed by atoms with E-state index in [0.717, 1.165) is 0 Å². The number of hydrogen-bond donors (Lipinski definition) is 5. The van der Waals surface area contributed by atoms with Gasteiger partial charge in [0.25, 0.3) is 10.1 Å². The minimum atomic E-state index is -5.21. The first-order valence-corrected chi connectivity index (χ1v) is 9.85. The van der Waals surface area contributed by atoms with Gasteiger partial charge in [0.15, 0.2) is 0 Å². The molecule has 1 aromatic carbocycles. The Labute approximate surface area is 163 Å². The van der Waals surface area contributed by atoms with E-state index in [2.05, 4.69) is 0 Å². The van der Waals surface area contributed by atoms with Gasteiger partial charge in [-0.2, -0.15) is 8.42 Å². The van der Waals surface area contributed by atoms with E-state index in [1.807, 2.05) is 0 Å². The standard InChI is InChI=1S/C18H26O9S/c1-17(2,8-19)6-10-5-11(7-18(3,4)9-20)13(16(23)24)14(28(25,26)27)12(10)15(21)22/h5,19-20H,6-9H2,1-4H3,(H,21,22)(H,23,24)(H,25,26,27). The smallest absolute Gasteiger partial charge is 0.337 e. The molecular formula is C18H26O9S. The number of aliphatic hydroxyl groups excluding tert-OH is 2. The predicted molar refractivity (Wildman–Crippen MR) is 99.3 cm³/mol. The number of carboxylic acid groups (broad SMARTS) is 2. The second-order valence-electron chi connectivity index (χ2n) is 8.36. The highest BCUT2D eigenvalue weighted by atomic mass is 32.2. The molecule has 0 saturated carbocycles. The van der Waals surface area contributed by atoms with E-state index in [9.17, 15) is 43.0 Å². The van der Waals surface area contributed by atoms with Crippen molar-refractivity contribution in [1.29, 1.82) is 0 Å². The van der Waals surface area contributed by atoms with E-state index in [0.29, 0.717) is 0 Å². The van der Waals surface area contributed by atoms with E-state index >= 15 is 0 Å². The highest BCUT2D eigenvalue weighted by Gasteiger charge is 2.35. The molecule has 0 radical (unpaired) electrons. The number of carboxylic acids is 2. The Hall–Kier alpha value is -2.01. The van der Waals surface area contributed by atoms with Crippen molar-refractivity contribution in [3.8, 4) is 0 Å². The van der Waals surface area contributed by atoms with E-state index in [4.69, 9.17) is 0 Å². The summed E-state index contributed by atoms with van der Waals surface area (Å²) >= 11 is 0. The van der Waals surface area contributed by atoms with Gasteiger partial charge in [0.05, 0.1) is 11.1 Å². The average Bonchev–Trinajstić information content (AvgIpc) is 2.52. The molecule has 9 nitrogen and oxygen atoms in total. The zero-order valence-electron chi connectivity index (χ0n) is 16.2. The molecule has 0 heterocycles. The highest BCUT2D eigenvalue weighted by molar-refractivity contribution is 7.86. The Morgan fingerprint density at radius 2 is 1.18 bits per heavy atom. The van der Waals surface area contributed by atoms with Crippen LogP contribution in [0.3, 0.4) is 0 Å². The van der Waals surface area contributed by atoms with Crippen LogP contribution in [0.5, 0.6) is 0 Å². The van der Waals surface area contributed by atoms with Crippen LogP contribution in [0.1, 0.15) is 59.5 Å². The Morgan fingerprint density at radius 3 is 1.39 bits per heavy atom. The van der Waals surface area contributed by atoms with Crippen LogP contribution in [0, 0.1) is 10.8 Å². The van der Waals surface area contributed by atoms with Gasteiger partial charge in [-0.25, -0.2) is 9.59 Å². The molecule has 0 saturated heterocycles. The molecule has 0 aliphatic heterocycles. The van der Waals surface area contributed by atoms with E-state index in [-0.39, 0.29) is 37.2 Å². The van der Waals surface area contributed by atoms with Crippen LogP contribution < -0.4 is 0 Å². The van der Waals surface area contributed by atoms with Gasteiger partial charge >= 0.3 is 11.9 Å². The Morgan fingerprint density at radius 1 is 0.857 bits per heavy atom. The minimum absolute atomic E-state index is 0.0343. The first-order valence-electron chi connectivity index (χ1n) is 8.41. The third-order valence-corrected chi connectivity index (χ3v) is 5.25. The van der Waals surface area contributed by atoms with Gasteiger partial charge in [-0.1, -0.05) is 33.8 Å². The lowest BCUT2D eigenvalue weighted by atomic mass is 9.80. The minimum Gasteiger partial charge on any atom is -0.478 e. The maximum atomic E-state index is 12.0. The number of aliphatic hydroxyl groups is 2.